The summed E-state index contributed by atoms with van der Waals surface area (Å²) >= 11 is 1.69. The molecule has 0 amide bonds. The van der Waals surface area contributed by atoms with E-state index >= 15 is 0 Å². The molecule has 1 aromatic heterocycles. The summed E-state index contributed by atoms with van der Waals surface area (Å²) in [5, 5.41) is 2.20. The van der Waals surface area contributed by atoms with Gasteiger partial charge >= 0.3 is 0 Å². The number of aromatic nitrogens is 2. The monoisotopic (exact) mass is 383 g/mol. The highest BCUT2D eigenvalue weighted by molar-refractivity contribution is 7.99. The molecule has 2 aromatic carbocycles. The lowest BCUT2D eigenvalue weighted by Crippen LogP contribution is -2.36. The molecular weight excluding hydrogens is 361 g/mol. The summed E-state index contributed by atoms with van der Waals surface area (Å²) in [6.45, 7) is 6.19. The molecule has 6 heteroatoms. The fraction of sp³-hybridized carbons (Fsp3) is 0.333. The van der Waals surface area contributed by atoms with Crippen LogP contribution in [0.1, 0.15) is 23.6 Å². The Labute approximate surface area is 162 Å². The van der Waals surface area contributed by atoms with E-state index in [1.165, 1.54) is 12.1 Å². The van der Waals surface area contributed by atoms with Gasteiger partial charge in [0.25, 0.3) is 0 Å². The van der Waals surface area contributed by atoms with Crippen LogP contribution in [0.2, 0.25) is 0 Å². The second-order valence-electron chi connectivity index (χ2n) is 6.66. The van der Waals surface area contributed by atoms with Gasteiger partial charge in [0.2, 0.25) is 0 Å². The third kappa shape index (κ3) is 4.46. The van der Waals surface area contributed by atoms with Crippen LogP contribution in [0.5, 0.6) is 0 Å². The maximum Gasteiger partial charge on any atom is 0.144 e. The minimum Gasteiger partial charge on any atom is -0.379 e. The molecular formula is C21H22FN3OS. The molecule has 4 nitrogen and oxygen atoms in total. The van der Waals surface area contributed by atoms with Crippen molar-refractivity contribution in [2.24, 2.45) is 0 Å². The number of benzene rings is 2. The molecule has 1 saturated heterocycles. The van der Waals surface area contributed by atoms with Crippen molar-refractivity contribution in [1.82, 2.24) is 14.9 Å². The molecule has 140 valence electrons. The van der Waals surface area contributed by atoms with Crippen LogP contribution in [0.4, 0.5) is 4.39 Å². The summed E-state index contributed by atoms with van der Waals surface area (Å²) < 4.78 is 18.6. The number of para-hydroxylation sites is 1. The first-order valence-corrected chi connectivity index (χ1v) is 10.0. The van der Waals surface area contributed by atoms with E-state index in [9.17, 15) is 4.39 Å². The first-order chi connectivity index (χ1) is 13.2. The Kier molecular flexibility index (Phi) is 5.66. The molecule has 1 aliphatic heterocycles. The Morgan fingerprint density at radius 2 is 1.81 bits per heavy atom. The van der Waals surface area contributed by atoms with E-state index in [0.717, 1.165) is 60.2 Å². The smallest absolute Gasteiger partial charge is 0.144 e. The highest BCUT2D eigenvalue weighted by Gasteiger charge is 2.16. The summed E-state index contributed by atoms with van der Waals surface area (Å²) in [6, 6.07) is 14.8. The Hall–Kier alpha value is -2.02. The predicted octanol–water partition coefficient (Wildman–Crippen LogP) is 4.45. The Bertz CT molecular complexity index is 913. The standard InChI is InChI=1S/C21H22FN3OS/c1-15(16-6-8-17(22)9-7-16)27-21-18-4-2-3-5-19(18)23-20(24-21)14-25-10-12-26-13-11-25/h2-9,15H,10-14H2,1H3/t15-/m1/s1. The van der Waals surface area contributed by atoms with Gasteiger partial charge in [-0.3, -0.25) is 4.90 Å². The van der Waals surface area contributed by atoms with Crippen molar-refractivity contribution in [3.63, 3.8) is 0 Å². The third-order valence-electron chi connectivity index (χ3n) is 4.71. The van der Waals surface area contributed by atoms with Crippen LogP contribution in [0.25, 0.3) is 10.9 Å². The quantitative estimate of drug-likeness (QED) is 0.481. The van der Waals surface area contributed by atoms with Gasteiger partial charge in [0, 0.05) is 23.7 Å². The number of hydrogen-bond acceptors (Lipinski definition) is 5. The summed E-state index contributed by atoms with van der Waals surface area (Å²) in [4.78, 5) is 12.0. The molecule has 1 atom stereocenters. The van der Waals surface area contributed by atoms with E-state index in [0.29, 0.717) is 0 Å². The zero-order valence-corrected chi connectivity index (χ0v) is 16.1. The van der Waals surface area contributed by atoms with Crippen LogP contribution in [0.3, 0.4) is 0 Å². The van der Waals surface area contributed by atoms with Crippen LogP contribution >= 0.6 is 11.8 Å². The van der Waals surface area contributed by atoms with E-state index in [1.54, 1.807) is 11.8 Å². The van der Waals surface area contributed by atoms with E-state index in [-0.39, 0.29) is 11.1 Å². The molecule has 1 aliphatic rings. The molecule has 0 unspecified atom stereocenters. The van der Waals surface area contributed by atoms with E-state index in [2.05, 4.69) is 17.9 Å². The average molecular weight is 383 g/mol. The predicted molar refractivity (Wildman–Crippen MR) is 106 cm³/mol. The fourth-order valence-electron chi connectivity index (χ4n) is 3.18. The Morgan fingerprint density at radius 1 is 1.07 bits per heavy atom. The fourth-order valence-corrected chi connectivity index (χ4v) is 4.27. The molecule has 0 N–H and O–H groups in total. The molecule has 1 fully saturated rings. The number of nitrogens with zero attached hydrogens (tertiary/aromatic N) is 3. The summed E-state index contributed by atoms with van der Waals surface area (Å²) in [6.07, 6.45) is 0. The van der Waals surface area contributed by atoms with Crippen LogP contribution in [0.15, 0.2) is 53.6 Å². The minimum absolute atomic E-state index is 0.167. The number of morpholine rings is 1. The number of thioether (sulfide) groups is 1. The number of hydrogen-bond donors (Lipinski definition) is 0. The summed E-state index contributed by atoms with van der Waals surface area (Å²) in [5.41, 5.74) is 2.04. The molecule has 3 aromatic rings. The van der Waals surface area contributed by atoms with Crippen molar-refractivity contribution in [1.29, 1.82) is 0 Å². The Morgan fingerprint density at radius 3 is 2.59 bits per heavy atom. The second-order valence-corrected chi connectivity index (χ2v) is 7.99. The van der Waals surface area contributed by atoms with Gasteiger partial charge in [0.05, 0.1) is 25.3 Å². The lowest BCUT2D eigenvalue weighted by molar-refractivity contribution is 0.0330. The molecule has 0 aliphatic carbocycles. The minimum atomic E-state index is -0.212. The summed E-state index contributed by atoms with van der Waals surface area (Å²) in [7, 11) is 0. The molecule has 0 saturated carbocycles. The molecule has 4 rings (SSSR count). The van der Waals surface area contributed by atoms with Gasteiger partial charge in [-0.15, -0.1) is 0 Å². The van der Waals surface area contributed by atoms with Crippen molar-refractivity contribution in [2.45, 2.75) is 23.7 Å². The number of halogens is 1. The van der Waals surface area contributed by atoms with E-state index in [1.807, 2.05) is 30.3 Å². The van der Waals surface area contributed by atoms with Crippen molar-refractivity contribution in [3.05, 3.63) is 65.7 Å². The average Bonchev–Trinajstić information content (AvgIpc) is 2.69. The van der Waals surface area contributed by atoms with Crippen LogP contribution < -0.4 is 0 Å². The first kappa shape index (κ1) is 18.3. The second kappa shape index (κ2) is 8.33. The molecule has 0 bridgehead atoms. The lowest BCUT2D eigenvalue weighted by Gasteiger charge is -2.26. The third-order valence-corrected chi connectivity index (χ3v) is 5.87. The highest BCUT2D eigenvalue weighted by atomic mass is 32.2. The van der Waals surface area contributed by atoms with Crippen LogP contribution in [-0.2, 0) is 11.3 Å². The van der Waals surface area contributed by atoms with Crippen LogP contribution in [0, 0.1) is 5.82 Å². The first-order valence-electron chi connectivity index (χ1n) is 9.17. The van der Waals surface area contributed by atoms with Crippen LogP contribution in [-0.4, -0.2) is 41.2 Å². The SMILES string of the molecule is C[C@@H](Sc1nc(CN2CCOCC2)nc2ccccc12)c1ccc(F)cc1. The van der Waals surface area contributed by atoms with Gasteiger partial charge in [-0.1, -0.05) is 42.1 Å². The molecule has 0 radical (unpaired) electrons. The molecule has 27 heavy (non-hydrogen) atoms. The Balaban J connectivity index is 1.62. The van der Waals surface area contributed by atoms with Crippen molar-refractivity contribution < 1.29 is 9.13 Å². The van der Waals surface area contributed by atoms with Gasteiger partial charge < -0.3 is 4.74 Å². The highest BCUT2D eigenvalue weighted by Crippen LogP contribution is 2.37. The topological polar surface area (TPSA) is 38.2 Å². The van der Waals surface area contributed by atoms with Crippen molar-refractivity contribution in [3.8, 4) is 0 Å². The van der Waals surface area contributed by atoms with Gasteiger partial charge in [-0.05, 0) is 30.7 Å². The number of fused-ring (bicyclic) bond motifs is 1. The van der Waals surface area contributed by atoms with Gasteiger partial charge in [0.1, 0.15) is 16.7 Å². The lowest BCUT2D eigenvalue weighted by atomic mass is 10.2. The van der Waals surface area contributed by atoms with E-state index < -0.39 is 0 Å². The van der Waals surface area contributed by atoms with Gasteiger partial charge in [-0.2, -0.15) is 0 Å². The number of ether oxygens (including phenoxy) is 1. The maximum atomic E-state index is 13.2. The normalized spacial score (nSPS) is 16.5. The molecule has 0 spiro atoms. The van der Waals surface area contributed by atoms with Gasteiger partial charge in [-0.25, -0.2) is 14.4 Å². The zero-order valence-electron chi connectivity index (χ0n) is 15.3. The molecule has 2 heterocycles. The van der Waals surface area contributed by atoms with Crippen molar-refractivity contribution >= 4 is 22.7 Å². The zero-order chi connectivity index (χ0) is 18.6. The van der Waals surface area contributed by atoms with Crippen molar-refractivity contribution in [2.75, 3.05) is 26.3 Å². The van der Waals surface area contributed by atoms with E-state index in [4.69, 9.17) is 14.7 Å². The van der Waals surface area contributed by atoms with Gasteiger partial charge in [0.15, 0.2) is 0 Å². The summed E-state index contributed by atoms with van der Waals surface area (Å²) in [5.74, 6) is 0.626. The maximum absolute atomic E-state index is 13.2. The largest absolute Gasteiger partial charge is 0.379 e. The number of rotatable bonds is 5.